The second-order valence-corrected chi connectivity index (χ2v) is 8.14. The zero-order valence-electron chi connectivity index (χ0n) is 15.1. The molecule has 0 spiro atoms. The number of nitrogens with one attached hydrogen (secondary N) is 2. The first-order chi connectivity index (χ1) is 12.8. The number of methoxy groups -OCH3 is 1. The Morgan fingerprint density at radius 2 is 2.00 bits per heavy atom. The van der Waals surface area contributed by atoms with Crippen molar-refractivity contribution in [2.75, 3.05) is 12.4 Å². The molecule has 0 aliphatic carbocycles. The summed E-state index contributed by atoms with van der Waals surface area (Å²) in [5.41, 5.74) is 1.84. The van der Waals surface area contributed by atoms with E-state index in [1.807, 2.05) is 12.1 Å². The number of rotatable bonds is 5. The van der Waals surface area contributed by atoms with E-state index >= 15 is 0 Å². The van der Waals surface area contributed by atoms with Crippen LogP contribution in [0.15, 0.2) is 39.3 Å². The van der Waals surface area contributed by atoms with Gasteiger partial charge in [-0.2, -0.15) is 0 Å². The monoisotopic (exact) mass is 514 g/mol. The molecular formula is C19H20Br2N2O3S. The van der Waals surface area contributed by atoms with Crippen molar-refractivity contribution in [1.29, 1.82) is 0 Å². The summed E-state index contributed by atoms with van der Waals surface area (Å²) in [6.45, 7) is 4.20. The van der Waals surface area contributed by atoms with Crippen LogP contribution in [-0.2, 0) is 0 Å². The van der Waals surface area contributed by atoms with Gasteiger partial charge in [0.05, 0.1) is 22.8 Å². The minimum atomic E-state index is -0.427. The van der Waals surface area contributed by atoms with Crippen LogP contribution >= 0.6 is 44.1 Å². The maximum absolute atomic E-state index is 12.6. The number of thiocarbonyl (C=S) groups is 1. The summed E-state index contributed by atoms with van der Waals surface area (Å²) >= 11 is 12.0. The van der Waals surface area contributed by atoms with Crippen LogP contribution in [0.5, 0.6) is 11.5 Å². The quantitative estimate of drug-likeness (QED) is 0.359. The predicted octanol–water partition coefficient (Wildman–Crippen LogP) is 5.57. The van der Waals surface area contributed by atoms with Gasteiger partial charge >= 0.3 is 0 Å². The molecule has 0 heterocycles. The number of halogens is 2. The van der Waals surface area contributed by atoms with Gasteiger partial charge < -0.3 is 15.2 Å². The zero-order chi connectivity index (χ0) is 20.1. The first-order valence-electron chi connectivity index (χ1n) is 8.25. The van der Waals surface area contributed by atoms with E-state index in [0.29, 0.717) is 27.4 Å². The lowest BCUT2D eigenvalue weighted by Gasteiger charge is -2.16. The molecule has 2 aromatic carbocycles. The first kappa shape index (κ1) is 21.7. The highest BCUT2D eigenvalue weighted by atomic mass is 79.9. The number of amides is 1. The largest absolute Gasteiger partial charge is 0.506 e. The Hall–Kier alpha value is -1.64. The average Bonchev–Trinajstić information content (AvgIpc) is 2.62. The van der Waals surface area contributed by atoms with Crippen molar-refractivity contribution in [1.82, 2.24) is 5.32 Å². The number of anilines is 1. The highest BCUT2D eigenvalue weighted by Crippen LogP contribution is 2.33. The summed E-state index contributed by atoms with van der Waals surface area (Å²) in [4.78, 5) is 12.6. The van der Waals surface area contributed by atoms with Crippen molar-refractivity contribution in [2.45, 2.75) is 26.2 Å². The normalized spacial score (nSPS) is 11.6. The Balaban J connectivity index is 2.18. The second-order valence-electron chi connectivity index (χ2n) is 5.96. The lowest BCUT2D eigenvalue weighted by molar-refractivity contribution is 0.0974. The molecule has 0 fully saturated rings. The Bertz CT molecular complexity index is 874. The van der Waals surface area contributed by atoms with Gasteiger partial charge in [-0.25, -0.2) is 0 Å². The van der Waals surface area contributed by atoms with E-state index in [2.05, 4.69) is 56.3 Å². The van der Waals surface area contributed by atoms with Gasteiger partial charge in [-0.1, -0.05) is 35.8 Å². The molecule has 0 aromatic heterocycles. The molecule has 8 heteroatoms. The smallest absolute Gasteiger partial charge is 0.261 e. The number of carbonyl (C=O) groups is 1. The van der Waals surface area contributed by atoms with Crippen LogP contribution in [0.4, 0.5) is 5.69 Å². The van der Waals surface area contributed by atoms with Crippen molar-refractivity contribution in [3.05, 3.63) is 50.4 Å². The van der Waals surface area contributed by atoms with E-state index in [1.165, 1.54) is 7.11 Å². The van der Waals surface area contributed by atoms with E-state index in [4.69, 9.17) is 17.0 Å². The molecule has 0 aliphatic heterocycles. The fourth-order valence-corrected chi connectivity index (χ4v) is 4.05. The maximum Gasteiger partial charge on any atom is 0.261 e. The van der Waals surface area contributed by atoms with E-state index < -0.39 is 5.91 Å². The molecule has 1 unspecified atom stereocenters. The van der Waals surface area contributed by atoms with Gasteiger partial charge in [0, 0.05) is 4.47 Å². The zero-order valence-corrected chi connectivity index (χ0v) is 19.1. The van der Waals surface area contributed by atoms with E-state index in [-0.39, 0.29) is 10.9 Å². The lowest BCUT2D eigenvalue weighted by atomic mass is 9.98. The number of phenols is 1. The summed E-state index contributed by atoms with van der Waals surface area (Å²) in [5.74, 6) is 0.378. The van der Waals surface area contributed by atoms with Gasteiger partial charge in [0.25, 0.3) is 5.91 Å². The Morgan fingerprint density at radius 3 is 2.63 bits per heavy atom. The summed E-state index contributed by atoms with van der Waals surface area (Å²) in [6, 6.07) is 8.74. The highest BCUT2D eigenvalue weighted by Gasteiger charge is 2.18. The van der Waals surface area contributed by atoms with Crippen LogP contribution < -0.4 is 15.4 Å². The van der Waals surface area contributed by atoms with Crippen LogP contribution in [0.2, 0.25) is 0 Å². The van der Waals surface area contributed by atoms with Gasteiger partial charge in [-0.05, 0) is 70.3 Å². The number of carbonyl (C=O) groups excluding carboxylic acids is 1. The molecular weight excluding hydrogens is 496 g/mol. The number of ether oxygens (including phenoxy) is 1. The molecule has 0 saturated carbocycles. The number of hydrogen-bond acceptors (Lipinski definition) is 4. The Morgan fingerprint density at radius 1 is 1.30 bits per heavy atom. The molecule has 1 atom stereocenters. The lowest BCUT2D eigenvalue weighted by Crippen LogP contribution is -2.34. The van der Waals surface area contributed by atoms with Crippen LogP contribution in [0.25, 0.3) is 0 Å². The second kappa shape index (κ2) is 9.52. The van der Waals surface area contributed by atoms with Crippen molar-refractivity contribution in [2.24, 2.45) is 0 Å². The summed E-state index contributed by atoms with van der Waals surface area (Å²) in [7, 11) is 1.49. The predicted molar refractivity (Wildman–Crippen MR) is 119 cm³/mol. The van der Waals surface area contributed by atoms with Crippen LogP contribution in [0, 0.1) is 0 Å². The number of aromatic hydroxyl groups is 1. The average molecular weight is 516 g/mol. The van der Waals surface area contributed by atoms with Gasteiger partial charge in [-0.3, -0.25) is 10.1 Å². The van der Waals surface area contributed by atoms with Gasteiger partial charge in [0.1, 0.15) is 11.5 Å². The molecule has 5 nitrogen and oxygen atoms in total. The van der Waals surface area contributed by atoms with Gasteiger partial charge in [0.2, 0.25) is 0 Å². The van der Waals surface area contributed by atoms with E-state index in [9.17, 15) is 9.90 Å². The van der Waals surface area contributed by atoms with Crippen molar-refractivity contribution >= 4 is 60.8 Å². The third kappa shape index (κ3) is 5.43. The molecule has 1 amide bonds. The third-order valence-corrected chi connectivity index (χ3v) is 5.39. The summed E-state index contributed by atoms with van der Waals surface area (Å²) in [6.07, 6.45) is 0.975. The standard InChI is InChI=1S/C19H20Br2N2O3S/c1-4-10(2)11-5-6-16(24)15(7-11)22-19(27)23-18(25)13-8-12(20)9-14(21)17(13)26-3/h5-10,24H,4H2,1-3H3,(H2,22,23,25,27). The van der Waals surface area contributed by atoms with Gasteiger partial charge in [-0.15, -0.1) is 0 Å². The highest BCUT2D eigenvalue weighted by molar-refractivity contribution is 9.11. The van der Waals surface area contributed by atoms with Crippen LogP contribution in [0.3, 0.4) is 0 Å². The van der Waals surface area contributed by atoms with Crippen LogP contribution in [0.1, 0.15) is 42.1 Å². The fraction of sp³-hybridized carbons (Fsp3) is 0.263. The topological polar surface area (TPSA) is 70.6 Å². The number of hydrogen-bond donors (Lipinski definition) is 3. The first-order valence-corrected chi connectivity index (χ1v) is 10.2. The molecule has 0 radical (unpaired) electrons. The number of phenolic OH excluding ortho intramolecular Hbond substituents is 1. The third-order valence-electron chi connectivity index (χ3n) is 4.13. The minimum Gasteiger partial charge on any atom is -0.506 e. The molecule has 0 aliphatic rings. The summed E-state index contributed by atoms with van der Waals surface area (Å²) < 4.78 is 6.65. The molecule has 2 aromatic rings. The molecule has 0 saturated heterocycles. The Labute approximate surface area is 180 Å². The van der Waals surface area contributed by atoms with E-state index in [1.54, 1.807) is 18.2 Å². The SMILES string of the molecule is CCC(C)c1ccc(O)c(NC(=S)NC(=O)c2cc(Br)cc(Br)c2OC)c1. The van der Waals surface area contributed by atoms with Gasteiger partial charge in [0.15, 0.2) is 5.11 Å². The van der Waals surface area contributed by atoms with Crippen LogP contribution in [-0.4, -0.2) is 23.2 Å². The van der Waals surface area contributed by atoms with Crippen molar-refractivity contribution < 1.29 is 14.6 Å². The number of benzene rings is 2. The van der Waals surface area contributed by atoms with Crippen molar-refractivity contribution in [3.63, 3.8) is 0 Å². The minimum absolute atomic E-state index is 0.0569. The van der Waals surface area contributed by atoms with Crippen molar-refractivity contribution in [3.8, 4) is 11.5 Å². The maximum atomic E-state index is 12.6. The summed E-state index contributed by atoms with van der Waals surface area (Å²) in [5, 5.41) is 15.7. The van der Waals surface area contributed by atoms with E-state index in [0.717, 1.165) is 16.5 Å². The molecule has 0 bridgehead atoms. The Kier molecular flexibility index (Phi) is 7.64. The fourth-order valence-electron chi connectivity index (χ4n) is 2.46. The molecule has 144 valence electrons. The molecule has 2 rings (SSSR count). The molecule has 27 heavy (non-hydrogen) atoms. The molecule has 3 N–H and O–H groups in total.